The first-order chi connectivity index (χ1) is 15.5. The minimum atomic E-state index is -3.72. The standard InChI is InChI=1S/C23H28F2N2O5S/c1-6-27(7-2)33(29,30)18-13-15(3)16(4)19(14-18)26-21(28)12-11-17-9-8-10-20(31-5)22(17)32-23(24)25/h8-14,23H,6-7H2,1-5H3,(H,26,28)/b12-11+. The Morgan fingerprint density at radius 1 is 1.18 bits per heavy atom. The predicted octanol–water partition coefficient (Wildman–Crippen LogP) is 4.60. The van der Waals surface area contributed by atoms with E-state index in [1.807, 2.05) is 0 Å². The molecule has 10 heteroatoms. The molecule has 1 amide bonds. The summed E-state index contributed by atoms with van der Waals surface area (Å²) in [5, 5.41) is 2.67. The van der Waals surface area contributed by atoms with Crippen LogP contribution < -0.4 is 14.8 Å². The number of para-hydroxylation sites is 1. The van der Waals surface area contributed by atoms with E-state index in [0.29, 0.717) is 29.9 Å². The molecule has 0 aliphatic carbocycles. The smallest absolute Gasteiger partial charge is 0.387 e. The molecular weight excluding hydrogens is 454 g/mol. The summed E-state index contributed by atoms with van der Waals surface area (Å²) in [4.78, 5) is 12.6. The molecule has 2 aromatic rings. The Morgan fingerprint density at radius 3 is 2.42 bits per heavy atom. The SMILES string of the molecule is CCN(CC)S(=O)(=O)c1cc(C)c(C)c(NC(=O)/C=C/c2cccc(OC)c2OC(F)F)c1. The van der Waals surface area contributed by atoms with Gasteiger partial charge in [-0.25, -0.2) is 8.42 Å². The molecule has 0 saturated carbocycles. The molecule has 0 aliphatic heterocycles. The monoisotopic (exact) mass is 482 g/mol. The molecule has 0 aliphatic rings. The average molecular weight is 483 g/mol. The fraction of sp³-hybridized carbons (Fsp3) is 0.348. The van der Waals surface area contributed by atoms with Crippen molar-refractivity contribution in [2.24, 2.45) is 0 Å². The number of nitrogens with one attached hydrogen (secondary N) is 1. The van der Waals surface area contributed by atoms with Crippen LogP contribution in [0.4, 0.5) is 14.5 Å². The molecule has 0 radical (unpaired) electrons. The van der Waals surface area contributed by atoms with Crippen molar-refractivity contribution >= 4 is 27.7 Å². The molecule has 180 valence electrons. The number of benzene rings is 2. The third-order valence-electron chi connectivity index (χ3n) is 5.09. The molecule has 0 bridgehead atoms. The quantitative estimate of drug-likeness (QED) is 0.501. The van der Waals surface area contributed by atoms with Gasteiger partial charge in [-0.2, -0.15) is 13.1 Å². The Hall–Kier alpha value is -2.98. The van der Waals surface area contributed by atoms with Gasteiger partial charge in [0.15, 0.2) is 11.5 Å². The highest BCUT2D eigenvalue weighted by molar-refractivity contribution is 7.89. The fourth-order valence-corrected chi connectivity index (χ4v) is 4.77. The molecule has 7 nitrogen and oxygen atoms in total. The Labute approximate surface area is 193 Å². The fourth-order valence-electron chi connectivity index (χ4n) is 3.20. The number of ether oxygens (including phenoxy) is 2. The minimum absolute atomic E-state index is 0.0778. The van der Waals surface area contributed by atoms with Gasteiger partial charge in [-0.15, -0.1) is 0 Å². The second kappa shape index (κ2) is 11.2. The number of hydrogen-bond donors (Lipinski definition) is 1. The zero-order valence-corrected chi connectivity index (χ0v) is 20.0. The first-order valence-electron chi connectivity index (χ1n) is 10.3. The topological polar surface area (TPSA) is 84.9 Å². The number of alkyl halides is 2. The van der Waals surface area contributed by atoms with Gasteiger partial charge in [0.25, 0.3) is 0 Å². The van der Waals surface area contributed by atoms with Gasteiger partial charge in [0, 0.05) is 30.4 Å². The summed E-state index contributed by atoms with van der Waals surface area (Å²) in [6, 6.07) is 7.51. The number of sulfonamides is 1. The van der Waals surface area contributed by atoms with E-state index in [2.05, 4.69) is 10.1 Å². The maximum atomic E-state index is 12.9. The van der Waals surface area contributed by atoms with E-state index < -0.39 is 22.5 Å². The van der Waals surface area contributed by atoms with Crippen molar-refractivity contribution in [1.29, 1.82) is 0 Å². The average Bonchev–Trinajstić information content (AvgIpc) is 2.76. The predicted molar refractivity (Wildman–Crippen MR) is 123 cm³/mol. The highest BCUT2D eigenvalue weighted by Crippen LogP contribution is 2.33. The molecule has 2 aromatic carbocycles. The van der Waals surface area contributed by atoms with Crippen LogP contribution in [0.3, 0.4) is 0 Å². The number of carbonyl (C=O) groups is 1. The van der Waals surface area contributed by atoms with Gasteiger partial charge in [0.2, 0.25) is 15.9 Å². The van der Waals surface area contributed by atoms with Gasteiger partial charge in [0.1, 0.15) is 0 Å². The maximum Gasteiger partial charge on any atom is 0.387 e. The van der Waals surface area contributed by atoms with E-state index in [0.717, 1.165) is 6.08 Å². The minimum Gasteiger partial charge on any atom is -0.493 e. The molecule has 0 spiro atoms. The van der Waals surface area contributed by atoms with Gasteiger partial charge < -0.3 is 14.8 Å². The third-order valence-corrected chi connectivity index (χ3v) is 7.12. The Kier molecular flexibility index (Phi) is 8.95. The zero-order valence-electron chi connectivity index (χ0n) is 19.2. The van der Waals surface area contributed by atoms with Gasteiger partial charge in [-0.3, -0.25) is 4.79 Å². The lowest BCUT2D eigenvalue weighted by Crippen LogP contribution is -2.30. The van der Waals surface area contributed by atoms with Crippen LogP contribution in [0.1, 0.15) is 30.5 Å². The Balaban J connectivity index is 2.35. The molecule has 2 rings (SSSR count). The van der Waals surface area contributed by atoms with Crippen LogP contribution in [-0.2, 0) is 14.8 Å². The number of anilines is 1. The molecule has 0 unspecified atom stereocenters. The second-order valence-corrected chi connectivity index (χ2v) is 9.02. The van der Waals surface area contributed by atoms with E-state index in [9.17, 15) is 22.0 Å². The summed E-state index contributed by atoms with van der Waals surface area (Å²) in [7, 11) is -2.40. The zero-order chi connectivity index (χ0) is 24.8. The molecular formula is C23H28F2N2O5S. The molecule has 33 heavy (non-hydrogen) atoms. The number of nitrogens with zero attached hydrogens (tertiary/aromatic N) is 1. The van der Waals surface area contributed by atoms with Crippen molar-refractivity contribution in [3.8, 4) is 11.5 Å². The lowest BCUT2D eigenvalue weighted by atomic mass is 10.1. The van der Waals surface area contributed by atoms with Crippen molar-refractivity contribution in [2.45, 2.75) is 39.2 Å². The first kappa shape index (κ1) is 26.3. The van der Waals surface area contributed by atoms with Crippen LogP contribution >= 0.6 is 0 Å². The van der Waals surface area contributed by atoms with Crippen molar-refractivity contribution in [2.75, 3.05) is 25.5 Å². The molecule has 0 aromatic heterocycles. The van der Waals surface area contributed by atoms with Crippen LogP contribution in [0.5, 0.6) is 11.5 Å². The molecule has 0 heterocycles. The first-order valence-corrected chi connectivity index (χ1v) is 11.7. The molecule has 0 atom stereocenters. The van der Waals surface area contributed by atoms with Crippen LogP contribution in [0.25, 0.3) is 6.08 Å². The van der Waals surface area contributed by atoms with Crippen LogP contribution in [0.2, 0.25) is 0 Å². The van der Waals surface area contributed by atoms with Crippen molar-refractivity contribution < 1.29 is 31.5 Å². The summed E-state index contributed by atoms with van der Waals surface area (Å²) in [6.45, 7) is 4.59. The largest absolute Gasteiger partial charge is 0.493 e. The maximum absolute atomic E-state index is 12.9. The molecule has 0 fully saturated rings. The van der Waals surface area contributed by atoms with Crippen LogP contribution in [-0.4, -0.2) is 45.4 Å². The van der Waals surface area contributed by atoms with E-state index in [1.165, 1.54) is 35.7 Å². The summed E-state index contributed by atoms with van der Waals surface area (Å²) >= 11 is 0. The van der Waals surface area contributed by atoms with Gasteiger partial charge in [-0.05, 0) is 49.2 Å². The number of carbonyl (C=O) groups excluding carboxylic acids is 1. The van der Waals surface area contributed by atoms with Gasteiger partial charge >= 0.3 is 6.61 Å². The summed E-state index contributed by atoms with van der Waals surface area (Å²) in [6.07, 6.45) is 2.46. The summed E-state index contributed by atoms with van der Waals surface area (Å²) in [5.41, 5.74) is 1.96. The highest BCUT2D eigenvalue weighted by atomic mass is 32.2. The molecule has 0 saturated heterocycles. The second-order valence-electron chi connectivity index (χ2n) is 7.08. The number of methoxy groups -OCH3 is 1. The lowest BCUT2D eigenvalue weighted by Gasteiger charge is -2.20. The number of halogens is 2. The Bertz CT molecular complexity index is 1130. The number of hydrogen-bond acceptors (Lipinski definition) is 5. The normalized spacial score (nSPS) is 11.9. The van der Waals surface area contributed by atoms with E-state index in [-0.39, 0.29) is 22.0 Å². The highest BCUT2D eigenvalue weighted by Gasteiger charge is 2.23. The number of aryl methyl sites for hydroxylation is 1. The van der Waals surface area contributed by atoms with Crippen LogP contribution in [0, 0.1) is 13.8 Å². The number of rotatable bonds is 10. The summed E-state index contributed by atoms with van der Waals surface area (Å²) < 4.78 is 62.3. The van der Waals surface area contributed by atoms with Gasteiger partial charge in [0.05, 0.1) is 12.0 Å². The van der Waals surface area contributed by atoms with Gasteiger partial charge in [-0.1, -0.05) is 26.0 Å². The van der Waals surface area contributed by atoms with Crippen LogP contribution in [0.15, 0.2) is 41.3 Å². The van der Waals surface area contributed by atoms with E-state index in [4.69, 9.17) is 4.74 Å². The summed E-state index contributed by atoms with van der Waals surface area (Å²) in [5.74, 6) is -0.669. The lowest BCUT2D eigenvalue weighted by molar-refractivity contribution is -0.111. The Morgan fingerprint density at radius 2 is 1.85 bits per heavy atom. The number of amides is 1. The van der Waals surface area contributed by atoms with Crippen molar-refractivity contribution in [3.05, 3.63) is 53.1 Å². The third kappa shape index (κ3) is 6.29. The van der Waals surface area contributed by atoms with Crippen molar-refractivity contribution in [3.63, 3.8) is 0 Å². The van der Waals surface area contributed by atoms with E-state index in [1.54, 1.807) is 39.8 Å². The molecule has 1 N–H and O–H groups in total. The van der Waals surface area contributed by atoms with E-state index >= 15 is 0 Å². The van der Waals surface area contributed by atoms with Crippen molar-refractivity contribution in [1.82, 2.24) is 4.31 Å².